The van der Waals surface area contributed by atoms with Crippen LogP contribution in [0.25, 0.3) is 0 Å². The van der Waals surface area contributed by atoms with E-state index in [-0.39, 0.29) is 11.7 Å². The first-order chi connectivity index (χ1) is 9.96. The van der Waals surface area contributed by atoms with Crippen LogP contribution in [0, 0.1) is 0 Å². The second kappa shape index (κ2) is 5.43. The van der Waals surface area contributed by atoms with E-state index < -0.39 is 12.0 Å². The van der Waals surface area contributed by atoms with E-state index in [4.69, 9.17) is 4.74 Å². The highest BCUT2D eigenvalue weighted by atomic mass is 16.5. The molecule has 2 heterocycles. The summed E-state index contributed by atoms with van der Waals surface area (Å²) in [4.78, 5) is 13.8. The molecule has 4 heteroatoms. The Balaban J connectivity index is 1.78. The molecule has 0 aliphatic carbocycles. The number of aliphatic carboxylic acids is 1. The average molecular weight is 289 g/mol. The lowest BCUT2D eigenvalue weighted by molar-refractivity contribution is -0.145. The molecule has 0 radical (unpaired) electrons. The van der Waals surface area contributed by atoms with Crippen molar-refractivity contribution in [3.8, 4) is 0 Å². The van der Waals surface area contributed by atoms with Gasteiger partial charge in [-0.05, 0) is 44.2 Å². The number of carboxylic acid groups (broad SMARTS) is 1. The van der Waals surface area contributed by atoms with Crippen molar-refractivity contribution in [1.82, 2.24) is 4.90 Å². The Morgan fingerprint density at radius 2 is 2.19 bits per heavy atom. The highest BCUT2D eigenvalue weighted by molar-refractivity contribution is 5.76. The van der Waals surface area contributed by atoms with E-state index >= 15 is 0 Å². The summed E-state index contributed by atoms with van der Waals surface area (Å²) in [7, 11) is 0. The molecule has 3 rings (SSSR count). The van der Waals surface area contributed by atoms with Gasteiger partial charge in [-0.2, -0.15) is 0 Å². The molecule has 1 aromatic rings. The van der Waals surface area contributed by atoms with Crippen LogP contribution < -0.4 is 0 Å². The van der Waals surface area contributed by atoms with E-state index in [1.165, 1.54) is 0 Å². The molecule has 0 amide bonds. The quantitative estimate of drug-likeness (QED) is 0.929. The van der Waals surface area contributed by atoms with Gasteiger partial charge in [0.05, 0.1) is 11.7 Å². The van der Waals surface area contributed by atoms with E-state index in [0.717, 1.165) is 36.9 Å². The first kappa shape index (κ1) is 14.5. The van der Waals surface area contributed by atoms with Crippen LogP contribution >= 0.6 is 0 Å². The van der Waals surface area contributed by atoms with Crippen LogP contribution in [-0.2, 0) is 16.0 Å². The van der Waals surface area contributed by atoms with Crippen LogP contribution in [0.15, 0.2) is 24.3 Å². The Hall–Kier alpha value is -1.39. The van der Waals surface area contributed by atoms with Gasteiger partial charge in [0.1, 0.15) is 6.04 Å². The topological polar surface area (TPSA) is 49.8 Å². The van der Waals surface area contributed by atoms with Crippen LogP contribution in [0.2, 0.25) is 0 Å². The number of hydrogen-bond acceptors (Lipinski definition) is 3. The number of fused-ring (bicyclic) bond motifs is 1. The third-order valence-corrected chi connectivity index (χ3v) is 4.61. The normalized spacial score (nSPS) is 28.3. The molecule has 2 aliphatic rings. The van der Waals surface area contributed by atoms with E-state index in [1.54, 1.807) is 0 Å². The molecule has 21 heavy (non-hydrogen) atoms. The summed E-state index contributed by atoms with van der Waals surface area (Å²) in [6.45, 7) is 5.70. The van der Waals surface area contributed by atoms with Crippen LogP contribution in [0.1, 0.15) is 43.9 Å². The van der Waals surface area contributed by atoms with Crippen LogP contribution in [-0.4, -0.2) is 40.8 Å². The maximum absolute atomic E-state index is 11.7. The van der Waals surface area contributed by atoms with Crippen molar-refractivity contribution >= 4 is 5.97 Å². The van der Waals surface area contributed by atoms with E-state index in [1.807, 2.05) is 24.3 Å². The molecule has 2 atom stereocenters. The maximum atomic E-state index is 11.7. The number of benzene rings is 1. The van der Waals surface area contributed by atoms with Gasteiger partial charge >= 0.3 is 5.97 Å². The van der Waals surface area contributed by atoms with Crippen molar-refractivity contribution in [3.05, 3.63) is 35.4 Å². The Morgan fingerprint density at radius 1 is 1.43 bits per heavy atom. The fourth-order valence-electron chi connectivity index (χ4n) is 3.57. The molecule has 114 valence electrons. The molecule has 0 aromatic heterocycles. The van der Waals surface area contributed by atoms with Crippen LogP contribution in [0.5, 0.6) is 0 Å². The standard InChI is InChI=1S/C17H23NO3/c1-17(2)9-7-13(21-17)11-18-10-8-12-5-3-4-6-14(12)15(18)16(19)20/h3-6,13,15H,7-11H2,1-2H3,(H,19,20). The van der Waals surface area contributed by atoms with E-state index in [9.17, 15) is 9.90 Å². The molecule has 0 saturated carbocycles. The zero-order chi connectivity index (χ0) is 15.0. The van der Waals surface area contributed by atoms with Crippen molar-refractivity contribution < 1.29 is 14.6 Å². The molecule has 1 fully saturated rings. The Morgan fingerprint density at radius 3 is 2.86 bits per heavy atom. The second-order valence-electron chi connectivity index (χ2n) is 6.72. The zero-order valence-electron chi connectivity index (χ0n) is 12.7. The average Bonchev–Trinajstić information content (AvgIpc) is 2.77. The fraction of sp³-hybridized carbons (Fsp3) is 0.588. The van der Waals surface area contributed by atoms with Gasteiger partial charge in [0.25, 0.3) is 0 Å². The van der Waals surface area contributed by atoms with Crippen molar-refractivity contribution in [3.63, 3.8) is 0 Å². The molecule has 2 unspecified atom stereocenters. The van der Waals surface area contributed by atoms with Crippen molar-refractivity contribution in [1.29, 1.82) is 0 Å². The minimum Gasteiger partial charge on any atom is -0.480 e. The predicted molar refractivity (Wildman–Crippen MR) is 80.3 cm³/mol. The number of rotatable bonds is 3. The summed E-state index contributed by atoms with van der Waals surface area (Å²) in [5.74, 6) is -0.764. The number of carbonyl (C=O) groups is 1. The molecule has 0 spiro atoms. The Labute approximate surface area is 125 Å². The summed E-state index contributed by atoms with van der Waals surface area (Å²) >= 11 is 0. The molecule has 1 saturated heterocycles. The number of ether oxygens (including phenoxy) is 1. The van der Waals surface area contributed by atoms with Crippen LogP contribution in [0.3, 0.4) is 0 Å². The third-order valence-electron chi connectivity index (χ3n) is 4.61. The molecule has 1 N–H and O–H groups in total. The summed E-state index contributed by atoms with van der Waals surface area (Å²) in [6.07, 6.45) is 3.11. The monoisotopic (exact) mass is 289 g/mol. The lowest BCUT2D eigenvalue weighted by atomic mass is 9.92. The summed E-state index contributed by atoms with van der Waals surface area (Å²) in [5.41, 5.74) is 2.03. The second-order valence-corrected chi connectivity index (χ2v) is 6.72. The zero-order valence-corrected chi connectivity index (χ0v) is 12.7. The summed E-state index contributed by atoms with van der Waals surface area (Å²) in [5, 5.41) is 9.65. The van der Waals surface area contributed by atoms with Crippen molar-refractivity contribution in [2.75, 3.05) is 13.1 Å². The van der Waals surface area contributed by atoms with Gasteiger partial charge < -0.3 is 9.84 Å². The van der Waals surface area contributed by atoms with Gasteiger partial charge in [-0.15, -0.1) is 0 Å². The minimum absolute atomic E-state index is 0.0723. The minimum atomic E-state index is -0.764. The third kappa shape index (κ3) is 2.97. The highest BCUT2D eigenvalue weighted by Crippen LogP contribution is 2.34. The Bertz CT molecular complexity index is 541. The van der Waals surface area contributed by atoms with Gasteiger partial charge in [0.15, 0.2) is 0 Å². The molecule has 0 bridgehead atoms. The first-order valence-corrected chi connectivity index (χ1v) is 7.69. The molecule has 2 aliphatic heterocycles. The number of nitrogens with zero attached hydrogens (tertiary/aromatic N) is 1. The van der Waals surface area contributed by atoms with Gasteiger partial charge in [-0.1, -0.05) is 24.3 Å². The number of hydrogen-bond donors (Lipinski definition) is 1. The van der Waals surface area contributed by atoms with Crippen molar-refractivity contribution in [2.24, 2.45) is 0 Å². The lowest BCUT2D eigenvalue weighted by Gasteiger charge is -2.36. The van der Waals surface area contributed by atoms with Crippen LogP contribution in [0.4, 0.5) is 0 Å². The van der Waals surface area contributed by atoms with Gasteiger partial charge in [0.2, 0.25) is 0 Å². The van der Waals surface area contributed by atoms with Gasteiger partial charge in [-0.25, -0.2) is 0 Å². The maximum Gasteiger partial charge on any atom is 0.325 e. The first-order valence-electron chi connectivity index (χ1n) is 7.69. The molecular weight excluding hydrogens is 266 g/mol. The SMILES string of the molecule is CC1(C)CCC(CN2CCc3ccccc3C2C(=O)O)O1. The van der Waals surface area contributed by atoms with Gasteiger partial charge in [0, 0.05) is 13.1 Å². The highest BCUT2D eigenvalue weighted by Gasteiger charge is 2.37. The summed E-state index contributed by atoms with van der Waals surface area (Å²) in [6, 6.07) is 7.35. The smallest absolute Gasteiger partial charge is 0.325 e. The molecule has 1 aromatic carbocycles. The molecular formula is C17H23NO3. The van der Waals surface area contributed by atoms with E-state index in [2.05, 4.69) is 18.7 Å². The van der Waals surface area contributed by atoms with Gasteiger partial charge in [-0.3, -0.25) is 9.69 Å². The number of carboxylic acids is 1. The lowest BCUT2D eigenvalue weighted by Crippen LogP contribution is -2.43. The Kier molecular flexibility index (Phi) is 3.76. The van der Waals surface area contributed by atoms with Crippen molar-refractivity contribution in [2.45, 2.75) is 50.9 Å². The predicted octanol–water partition coefficient (Wildman–Crippen LogP) is 2.63. The summed E-state index contributed by atoms with van der Waals surface area (Å²) < 4.78 is 6.03. The van der Waals surface area contributed by atoms with E-state index in [0.29, 0.717) is 6.54 Å². The molecule has 4 nitrogen and oxygen atoms in total. The fourth-order valence-corrected chi connectivity index (χ4v) is 3.57. The largest absolute Gasteiger partial charge is 0.480 e.